The van der Waals surface area contributed by atoms with Crippen LogP contribution in [-0.2, 0) is 33.5 Å². The van der Waals surface area contributed by atoms with Crippen LogP contribution < -0.4 is 10.6 Å². The van der Waals surface area contributed by atoms with Gasteiger partial charge in [0.1, 0.15) is 23.7 Å². The molecular weight excluding hydrogens is 554 g/mol. The molecule has 12 nitrogen and oxygen atoms in total. The zero-order chi connectivity index (χ0) is 32.8. The fraction of sp³-hybridized carbons (Fsp3) is 0.806. The summed E-state index contributed by atoms with van der Waals surface area (Å²) in [7, 11) is 3.05. The summed E-state index contributed by atoms with van der Waals surface area (Å²) in [5, 5.41) is 5.65. The van der Waals surface area contributed by atoms with E-state index in [2.05, 4.69) is 10.6 Å². The molecule has 2 aliphatic heterocycles. The van der Waals surface area contributed by atoms with Crippen LogP contribution in [0.25, 0.3) is 0 Å². The van der Waals surface area contributed by atoms with Gasteiger partial charge in [0.2, 0.25) is 23.6 Å². The third-order valence-corrected chi connectivity index (χ3v) is 9.06. The number of rotatable bonds is 5. The molecule has 0 bridgehead atoms. The van der Waals surface area contributed by atoms with Crippen LogP contribution in [0.5, 0.6) is 0 Å². The number of nitrogens with one attached hydrogen (secondary N) is 2. The van der Waals surface area contributed by atoms with Gasteiger partial charge in [-0.15, -0.1) is 0 Å². The van der Waals surface area contributed by atoms with Crippen LogP contribution >= 0.6 is 0 Å². The first-order valence-electron chi connectivity index (χ1n) is 15.6. The molecule has 244 valence electrons. The van der Waals surface area contributed by atoms with Gasteiger partial charge in [-0.05, 0) is 50.9 Å². The second kappa shape index (κ2) is 15.0. The van der Waals surface area contributed by atoms with E-state index >= 15 is 0 Å². The number of carbonyl (C=O) groups excluding carboxylic acids is 6. The number of ether oxygens (including phenoxy) is 1. The molecular formula is C31H53N5O7. The molecule has 2 aliphatic rings. The molecule has 0 saturated carbocycles. The lowest BCUT2D eigenvalue weighted by molar-refractivity contribution is -0.162. The fourth-order valence-corrected chi connectivity index (χ4v) is 5.87. The summed E-state index contributed by atoms with van der Waals surface area (Å²) in [6, 6.07) is -2.64. The predicted molar refractivity (Wildman–Crippen MR) is 161 cm³/mol. The van der Waals surface area contributed by atoms with Crippen molar-refractivity contribution in [3.8, 4) is 0 Å². The maximum atomic E-state index is 14.3. The summed E-state index contributed by atoms with van der Waals surface area (Å²) in [4.78, 5) is 85.4. The summed E-state index contributed by atoms with van der Waals surface area (Å²) in [6.45, 7) is 14.7. The Labute approximate surface area is 256 Å². The quantitative estimate of drug-likeness (QED) is 0.453. The highest BCUT2D eigenvalue weighted by molar-refractivity contribution is 5.98. The Morgan fingerprint density at radius 3 is 2.14 bits per heavy atom. The number of hydrogen-bond donors (Lipinski definition) is 2. The van der Waals surface area contributed by atoms with Gasteiger partial charge < -0.3 is 30.1 Å². The minimum Gasteiger partial charge on any atom is -0.452 e. The van der Waals surface area contributed by atoms with Crippen LogP contribution in [0.15, 0.2) is 0 Å². The summed E-state index contributed by atoms with van der Waals surface area (Å²) in [5.41, 5.74) is -1.39. The monoisotopic (exact) mass is 607 g/mol. The maximum absolute atomic E-state index is 14.3. The van der Waals surface area contributed by atoms with Gasteiger partial charge in [-0.3, -0.25) is 28.8 Å². The molecule has 0 aromatic rings. The number of carbonyl (C=O) groups is 6. The van der Waals surface area contributed by atoms with Crippen LogP contribution in [0.4, 0.5) is 0 Å². The van der Waals surface area contributed by atoms with Crippen molar-refractivity contribution < 1.29 is 33.5 Å². The number of cyclic esters (lactones) is 1. The van der Waals surface area contributed by atoms with E-state index in [4.69, 9.17) is 4.74 Å². The SMILES string of the molecule is CCC(C)C1(C)NC(=O)C2CCCN2C(=O)C(CC(C)C)OC(=O)CCNC(=O)C(C)N(C)C(=O)C(C(C)C)N(C)C1=O. The van der Waals surface area contributed by atoms with Gasteiger partial charge in [0.15, 0.2) is 6.10 Å². The Kier molecular flexibility index (Phi) is 12.6. The second-order valence-corrected chi connectivity index (χ2v) is 13.1. The van der Waals surface area contributed by atoms with Crippen LogP contribution in [0.1, 0.15) is 87.5 Å². The van der Waals surface area contributed by atoms with Crippen LogP contribution in [0.3, 0.4) is 0 Å². The van der Waals surface area contributed by atoms with Crippen molar-refractivity contribution in [3.63, 3.8) is 0 Å². The number of esters is 1. The van der Waals surface area contributed by atoms with Crippen LogP contribution in [-0.4, -0.2) is 107 Å². The molecule has 43 heavy (non-hydrogen) atoms. The molecule has 5 amide bonds. The van der Waals surface area contributed by atoms with E-state index in [0.717, 1.165) is 0 Å². The van der Waals surface area contributed by atoms with E-state index in [9.17, 15) is 28.8 Å². The first kappa shape index (κ1) is 36.0. The lowest BCUT2D eigenvalue weighted by atomic mass is 9.82. The Balaban J connectivity index is 2.60. The molecule has 2 saturated heterocycles. The molecule has 6 unspecified atom stereocenters. The van der Waals surface area contributed by atoms with Gasteiger partial charge in [-0.1, -0.05) is 48.0 Å². The van der Waals surface area contributed by atoms with E-state index in [1.807, 2.05) is 41.5 Å². The van der Waals surface area contributed by atoms with Gasteiger partial charge in [-0.2, -0.15) is 0 Å². The number of fused-ring (bicyclic) bond motifs is 1. The molecule has 0 aliphatic carbocycles. The van der Waals surface area contributed by atoms with Gasteiger partial charge >= 0.3 is 5.97 Å². The molecule has 2 fully saturated rings. The third-order valence-electron chi connectivity index (χ3n) is 9.06. The van der Waals surface area contributed by atoms with E-state index < -0.39 is 65.3 Å². The number of likely N-dealkylation sites (N-methyl/N-ethyl adjacent to an activating group) is 2. The molecule has 0 spiro atoms. The molecule has 12 heteroatoms. The summed E-state index contributed by atoms with van der Waals surface area (Å²) in [5.74, 6) is -3.47. The van der Waals surface area contributed by atoms with Crippen molar-refractivity contribution in [1.82, 2.24) is 25.3 Å². The molecule has 2 rings (SSSR count). The first-order valence-corrected chi connectivity index (χ1v) is 15.6. The maximum Gasteiger partial charge on any atom is 0.308 e. The fourth-order valence-electron chi connectivity index (χ4n) is 5.87. The van der Waals surface area contributed by atoms with E-state index in [0.29, 0.717) is 25.8 Å². The summed E-state index contributed by atoms with van der Waals surface area (Å²) < 4.78 is 5.61. The van der Waals surface area contributed by atoms with Crippen molar-refractivity contribution in [3.05, 3.63) is 0 Å². The lowest BCUT2D eigenvalue weighted by Crippen LogP contribution is -2.66. The largest absolute Gasteiger partial charge is 0.452 e. The van der Waals surface area contributed by atoms with Crippen LogP contribution in [0.2, 0.25) is 0 Å². The molecule has 6 atom stereocenters. The highest BCUT2D eigenvalue weighted by atomic mass is 16.5. The lowest BCUT2D eigenvalue weighted by Gasteiger charge is -2.43. The highest BCUT2D eigenvalue weighted by Gasteiger charge is 2.48. The van der Waals surface area contributed by atoms with Crippen molar-refractivity contribution in [2.24, 2.45) is 17.8 Å². The van der Waals surface area contributed by atoms with Gasteiger partial charge in [0.25, 0.3) is 5.91 Å². The zero-order valence-electron chi connectivity index (χ0n) is 27.7. The standard InChI is InChI=1S/C31H53N5O7/c1-11-20(6)31(8)30(42)35(10)25(19(4)5)29(41)34(9)21(7)26(38)32-15-14-24(37)43-23(17-18(2)3)28(40)36-16-12-13-22(36)27(39)33-31/h18-23,25H,11-17H2,1-10H3,(H,32,38)(H,33,39). The predicted octanol–water partition coefficient (Wildman–Crippen LogP) is 1.71. The minimum atomic E-state index is -1.39. The Bertz CT molecular complexity index is 1060. The van der Waals surface area contributed by atoms with Crippen molar-refractivity contribution in [1.29, 1.82) is 0 Å². The smallest absolute Gasteiger partial charge is 0.308 e. The van der Waals surface area contributed by atoms with E-state index in [-0.39, 0.29) is 37.1 Å². The summed E-state index contributed by atoms with van der Waals surface area (Å²) in [6.07, 6.45) is 0.579. The molecule has 2 N–H and O–H groups in total. The van der Waals surface area contributed by atoms with Crippen molar-refractivity contribution in [2.75, 3.05) is 27.2 Å². The highest BCUT2D eigenvalue weighted by Crippen LogP contribution is 2.28. The average molecular weight is 608 g/mol. The van der Waals surface area contributed by atoms with Crippen LogP contribution in [0, 0.1) is 17.8 Å². The van der Waals surface area contributed by atoms with E-state index in [1.54, 1.807) is 20.9 Å². The average Bonchev–Trinajstić information content (AvgIpc) is 3.43. The number of hydrogen-bond acceptors (Lipinski definition) is 7. The first-order chi connectivity index (χ1) is 20.0. The Morgan fingerprint density at radius 2 is 1.58 bits per heavy atom. The molecule has 0 aromatic heterocycles. The normalized spacial score (nSPS) is 30.0. The zero-order valence-corrected chi connectivity index (χ0v) is 27.7. The third kappa shape index (κ3) is 8.26. The minimum absolute atomic E-state index is 0.0302. The Morgan fingerprint density at radius 1 is 0.953 bits per heavy atom. The number of nitrogens with zero attached hydrogens (tertiary/aromatic N) is 3. The van der Waals surface area contributed by atoms with E-state index in [1.165, 1.54) is 21.7 Å². The Hall–Kier alpha value is -3.18. The number of amides is 5. The molecule has 2 heterocycles. The summed E-state index contributed by atoms with van der Waals surface area (Å²) >= 11 is 0. The van der Waals surface area contributed by atoms with Gasteiger partial charge in [-0.25, -0.2) is 0 Å². The van der Waals surface area contributed by atoms with Crippen molar-refractivity contribution in [2.45, 2.75) is 117 Å². The van der Waals surface area contributed by atoms with Crippen molar-refractivity contribution >= 4 is 35.5 Å². The topological polar surface area (TPSA) is 145 Å². The second-order valence-electron chi connectivity index (χ2n) is 13.1. The molecule has 0 aromatic carbocycles. The van der Waals surface area contributed by atoms with Gasteiger partial charge in [0, 0.05) is 27.2 Å². The van der Waals surface area contributed by atoms with Gasteiger partial charge in [0.05, 0.1) is 6.42 Å². The molecule has 0 radical (unpaired) electrons.